The maximum absolute atomic E-state index is 12.3. The van der Waals surface area contributed by atoms with Crippen LogP contribution < -0.4 is 5.32 Å². The Balaban J connectivity index is 2.80. The second-order valence-electron chi connectivity index (χ2n) is 5.12. The van der Waals surface area contributed by atoms with Crippen LogP contribution in [0.1, 0.15) is 54.1 Å². The molecule has 1 aromatic heterocycles. The Morgan fingerprint density at radius 1 is 1.38 bits per heavy atom. The molecule has 1 aromatic rings. The molecule has 1 amide bonds. The standard InChI is InChI=1S/C14H22N2O3S2/c1-6-20-10(7(2)3)12(17)15-9(5)13-16-8(4)11(21-13)14(18)19/h7,9-10H,6H2,1-5H3,(H,15,17)(H,18,19). The number of aromatic nitrogens is 1. The molecule has 0 saturated heterocycles. The molecule has 0 aromatic carbocycles. The minimum Gasteiger partial charge on any atom is -0.477 e. The molecule has 0 aliphatic heterocycles. The monoisotopic (exact) mass is 330 g/mol. The first-order chi connectivity index (χ1) is 9.77. The molecule has 2 N–H and O–H groups in total. The molecule has 1 heterocycles. The van der Waals surface area contributed by atoms with E-state index in [9.17, 15) is 9.59 Å². The number of nitrogens with zero attached hydrogens (tertiary/aromatic N) is 1. The number of hydrogen-bond donors (Lipinski definition) is 2. The van der Waals surface area contributed by atoms with E-state index in [-0.39, 0.29) is 28.0 Å². The molecule has 0 bridgehead atoms. The van der Waals surface area contributed by atoms with Crippen LogP contribution in [0.25, 0.3) is 0 Å². The molecule has 21 heavy (non-hydrogen) atoms. The van der Waals surface area contributed by atoms with Gasteiger partial charge in [-0.1, -0.05) is 20.8 Å². The van der Waals surface area contributed by atoms with Gasteiger partial charge in [0.2, 0.25) is 5.91 Å². The van der Waals surface area contributed by atoms with Crippen LogP contribution in [0.3, 0.4) is 0 Å². The van der Waals surface area contributed by atoms with Gasteiger partial charge in [-0.25, -0.2) is 9.78 Å². The average molecular weight is 330 g/mol. The Bertz CT molecular complexity index is 514. The average Bonchev–Trinajstić information content (AvgIpc) is 2.77. The number of thioether (sulfide) groups is 1. The fourth-order valence-electron chi connectivity index (χ4n) is 1.91. The number of aryl methyl sites for hydroxylation is 1. The third-order valence-electron chi connectivity index (χ3n) is 2.95. The lowest BCUT2D eigenvalue weighted by molar-refractivity contribution is -0.121. The summed E-state index contributed by atoms with van der Waals surface area (Å²) in [5.74, 6) is 0.129. The van der Waals surface area contributed by atoms with Crippen LogP contribution in [0.4, 0.5) is 0 Å². The number of thiazole rings is 1. The largest absolute Gasteiger partial charge is 0.477 e. The van der Waals surface area contributed by atoms with E-state index in [1.54, 1.807) is 18.7 Å². The van der Waals surface area contributed by atoms with Gasteiger partial charge in [0, 0.05) is 0 Å². The summed E-state index contributed by atoms with van der Waals surface area (Å²) in [4.78, 5) is 27.8. The minimum atomic E-state index is -0.976. The molecule has 0 fully saturated rings. The lowest BCUT2D eigenvalue weighted by atomic mass is 10.1. The van der Waals surface area contributed by atoms with Gasteiger partial charge in [-0.3, -0.25) is 4.79 Å². The minimum absolute atomic E-state index is 0.0194. The van der Waals surface area contributed by atoms with Gasteiger partial charge in [-0.15, -0.1) is 23.1 Å². The number of amides is 1. The highest BCUT2D eigenvalue weighted by atomic mass is 32.2. The van der Waals surface area contributed by atoms with Crippen LogP contribution in [-0.2, 0) is 4.79 Å². The van der Waals surface area contributed by atoms with E-state index in [0.29, 0.717) is 10.7 Å². The topological polar surface area (TPSA) is 79.3 Å². The summed E-state index contributed by atoms with van der Waals surface area (Å²) in [6.45, 7) is 9.57. The molecule has 0 aliphatic rings. The van der Waals surface area contributed by atoms with Gasteiger partial charge < -0.3 is 10.4 Å². The van der Waals surface area contributed by atoms with Gasteiger partial charge in [-0.2, -0.15) is 0 Å². The third-order valence-corrected chi connectivity index (χ3v) is 5.73. The van der Waals surface area contributed by atoms with E-state index in [1.807, 2.05) is 27.7 Å². The van der Waals surface area contributed by atoms with Crippen molar-refractivity contribution < 1.29 is 14.7 Å². The Morgan fingerprint density at radius 3 is 2.43 bits per heavy atom. The van der Waals surface area contributed by atoms with Gasteiger partial charge in [0.1, 0.15) is 9.88 Å². The number of carboxylic acid groups (broad SMARTS) is 1. The first-order valence-corrected chi connectivity index (χ1v) is 8.77. The molecular formula is C14H22N2O3S2. The van der Waals surface area contributed by atoms with Crippen molar-refractivity contribution in [3.05, 3.63) is 15.6 Å². The van der Waals surface area contributed by atoms with Crippen LogP contribution in [0, 0.1) is 12.8 Å². The van der Waals surface area contributed by atoms with E-state index < -0.39 is 5.97 Å². The van der Waals surface area contributed by atoms with Crippen LogP contribution in [0.2, 0.25) is 0 Å². The maximum Gasteiger partial charge on any atom is 0.347 e. The predicted octanol–water partition coefficient (Wildman–Crippen LogP) is 3.10. The Hall–Kier alpha value is -1.08. The zero-order valence-corrected chi connectivity index (χ0v) is 14.6. The van der Waals surface area contributed by atoms with Crippen LogP contribution in [0.15, 0.2) is 0 Å². The summed E-state index contributed by atoms with van der Waals surface area (Å²) in [5, 5.41) is 12.5. The fraction of sp³-hybridized carbons (Fsp3) is 0.643. The number of hydrogen-bond acceptors (Lipinski definition) is 5. The second kappa shape index (κ2) is 7.79. The first kappa shape index (κ1) is 18.0. The van der Waals surface area contributed by atoms with E-state index >= 15 is 0 Å². The van der Waals surface area contributed by atoms with E-state index in [0.717, 1.165) is 17.1 Å². The van der Waals surface area contributed by atoms with Crippen LogP contribution in [-0.4, -0.2) is 33.0 Å². The first-order valence-electron chi connectivity index (χ1n) is 6.90. The summed E-state index contributed by atoms with van der Waals surface area (Å²) in [7, 11) is 0. The molecule has 0 saturated carbocycles. The molecular weight excluding hydrogens is 308 g/mol. The van der Waals surface area contributed by atoms with Crippen molar-refractivity contribution in [1.29, 1.82) is 0 Å². The number of nitrogens with one attached hydrogen (secondary N) is 1. The van der Waals surface area contributed by atoms with Crippen molar-refractivity contribution >= 4 is 35.0 Å². The lowest BCUT2D eigenvalue weighted by Crippen LogP contribution is -2.37. The van der Waals surface area contributed by atoms with E-state index in [2.05, 4.69) is 10.3 Å². The highest BCUT2D eigenvalue weighted by Gasteiger charge is 2.25. The SMILES string of the molecule is CCSC(C(=O)NC(C)c1nc(C)c(C(=O)O)s1)C(C)C. The summed E-state index contributed by atoms with van der Waals surface area (Å²) in [5.41, 5.74) is 0.493. The molecule has 118 valence electrons. The Kier molecular flexibility index (Phi) is 6.67. The Labute approximate surface area is 133 Å². The summed E-state index contributed by atoms with van der Waals surface area (Å²) in [6, 6.07) is -0.284. The lowest BCUT2D eigenvalue weighted by Gasteiger charge is -2.21. The number of carboxylic acids is 1. The van der Waals surface area contributed by atoms with Crippen molar-refractivity contribution in [2.45, 2.75) is 45.9 Å². The molecule has 0 spiro atoms. The highest BCUT2D eigenvalue weighted by molar-refractivity contribution is 8.00. The number of aromatic carboxylic acids is 1. The van der Waals surface area contributed by atoms with Gasteiger partial charge >= 0.3 is 5.97 Å². The fourth-order valence-corrected chi connectivity index (χ4v) is 3.78. The number of rotatable bonds is 7. The van der Waals surface area contributed by atoms with Crippen molar-refractivity contribution in [3.8, 4) is 0 Å². The zero-order valence-electron chi connectivity index (χ0n) is 13.0. The zero-order chi connectivity index (χ0) is 16.2. The molecule has 7 heteroatoms. The third kappa shape index (κ3) is 4.71. The number of carbonyl (C=O) groups is 2. The van der Waals surface area contributed by atoms with Gasteiger partial charge in [0.05, 0.1) is 17.0 Å². The molecule has 2 atom stereocenters. The van der Waals surface area contributed by atoms with E-state index in [4.69, 9.17) is 5.11 Å². The highest BCUT2D eigenvalue weighted by Crippen LogP contribution is 2.25. The van der Waals surface area contributed by atoms with Crippen LogP contribution in [0.5, 0.6) is 0 Å². The molecule has 2 unspecified atom stereocenters. The van der Waals surface area contributed by atoms with Crippen molar-refractivity contribution in [3.63, 3.8) is 0 Å². The molecule has 5 nitrogen and oxygen atoms in total. The summed E-state index contributed by atoms with van der Waals surface area (Å²) < 4.78 is 0. The van der Waals surface area contributed by atoms with Crippen molar-refractivity contribution in [2.75, 3.05) is 5.75 Å². The van der Waals surface area contributed by atoms with Crippen molar-refractivity contribution in [1.82, 2.24) is 10.3 Å². The maximum atomic E-state index is 12.3. The summed E-state index contributed by atoms with van der Waals surface area (Å²) >= 11 is 2.74. The van der Waals surface area contributed by atoms with Crippen molar-refractivity contribution in [2.24, 2.45) is 5.92 Å². The normalized spacial score (nSPS) is 14.0. The van der Waals surface area contributed by atoms with Crippen LogP contribution >= 0.6 is 23.1 Å². The van der Waals surface area contributed by atoms with Gasteiger partial charge in [0.25, 0.3) is 0 Å². The molecule has 0 aliphatic carbocycles. The van der Waals surface area contributed by atoms with Gasteiger partial charge in [0.15, 0.2) is 0 Å². The second-order valence-corrected chi connectivity index (χ2v) is 7.57. The van der Waals surface area contributed by atoms with Gasteiger partial charge in [-0.05, 0) is 25.5 Å². The smallest absolute Gasteiger partial charge is 0.347 e. The predicted molar refractivity (Wildman–Crippen MR) is 87.1 cm³/mol. The molecule has 0 radical (unpaired) electrons. The number of carbonyl (C=O) groups excluding carboxylic acids is 1. The quantitative estimate of drug-likeness (QED) is 0.803. The molecule has 1 rings (SSSR count). The van der Waals surface area contributed by atoms with E-state index in [1.165, 1.54) is 0 Å². The summed E-state index contributed by atoms with van der Waals surface area (Å²) in [6.07, 6.45) is 0. The Morgan fingerprint density at radius 2 is 2.00 bits per heavy atom.